The van der Waals surface area contributed by atoms with E-state index in [4.69, 9.17) is 4.74 Å². The van der Waals surface area contributed by atoms with Gasteiger partial charge in [0.1, 0.15) is 0 Å². The normalized spacial score (nSPS) is 17.4. The van der Waals surface area contributed by atoms with Crippen molar-refractivity contribution in [3.8, 4) is 0 Å². The Morgan fingerprint density at radius 3 is 2.33 bits per heavy atom. The summed E-state index contributed by atoms with van der Waals surface area (Å²) in [6.45, 7) is 5.44. The number of carbonyl (C=O) groups is 1. The van der Waals surface area contributed by atoms with E-state index in [-0.39, 0.29) is 17.3 Å². The number of amides is 1. The molecule has 2 saturated heterocycles. The van der Waals surface area contributed by atoms with E-state index in [1.807, 2.05) is 18.4 Å². The van der Waals surface area contributed by atoms with Gasteiger partial charge in [0.2, 0.25) is 10.0 Å². The molecule has 0 aromatic heterocycles. The quantitative estimate of drug-likeness (QED) is 0.575. The van der Waals surface area contributed by atoms with Gasteiger partial charge in [-0.3, -0.25) is 9.69 Å². The minimum Gasteiger partial charge on any atom is -0.378 e. The van der Waals surface area contributed by atoms with Crippen LogP contribution in [0.3, 0.4) is 0 Å². The molecule has 1 amide bonds. The van der Waals surface area contributed by atoms with E-state index in [2.05, 4.69) is 21.8 Å². The third kappa shape index (κ3) is 6.16. The van der Waals surface area contributed by atoms with Crippen molar-refractivity contribution in [2.45, 2.75) is 35.7 Å². The van der Waals surface area contributed by atoms with E-state index in [0.717, 1.165) is 30.1 Å². The zero-order valence-electron chi connectivity index (χ0n) is 19.0. The van der Waals surface area contributed by atoms with E-state index >= 15 is 0 Å². The molecule has 0 unspecified atom stereocenters. The molecule has 178 valence electrons. The first-order valence-corrected chi connectivity index (χ1v) is 14.0. The first-order chi connectivity index (χ1) is 16.0. The molecule has 7 nitrogen and oxygen atoms in total. The number of benzene rings is 2. The third-order valence-electron chi connectivity index (χ3n) is 6.10. The second kappa shape index (κ2) is 11.0. The van der Waals surface area contributed by atoms with Crippen LogP contribution in [-0.2, 0) is 27.8 Å². The van der Waals surface area contributed by atoms with Crippen LogP contribution in [0.25, 0.3) is 0 Å². The number of likely N-dealkylation sites (tertiary alicyclic amines) is 1. The number of ether oxygens (including phenoxy) is 1. The van der Waals surface area contributed by atoms with Gasteiger partial charge in [-0.15, -0.1) is 11.8 Å². The van der Waals surface area contributed by atoms with Gasteiger partial charge in [0.15, 0.2) is 0 Å². The van der Waals surface area contributed by atoms with Crippen molar-refractivity contribution in [1.29, 1.82) is 0 Å². The maximum absolute atomic E-state index is 13.0. The van der Waals surface area contributed by atoms with E-state index in [0.29, 0.717) is 31.9 Å². The Hall–Kier alpha value is -1.91. The van der Waals surface area contributed by atoms with Crippen LogP contribution in [0, 0.1) is 0 Å². The summed E-state index contributed by atoms with van der Waals surface area (Å²) in [7, 11) is -3.76. The molecule has 0 spiro atoms. The van der Waals surface area contributed by atoms with Crippen LogP contribution in [0.2, 0.25) is 0 Å². The number of hydrogen-bond acceptors (Lipinski definition) is 6. The Morgan fingerprint density at radius 1 is 1.00 bits per heavy atom. The Balaban J connectivity index is 1.43. The molecule has 0 bridgehead atoms. The Bertz CT molecular complexity index is 1060. The molecular weight excluding hydrogens is 458 g/mol. The number of nitrogens with one attached hydrogen (secondary N) is 1. The molecule has 2 aliphatic heterocycles. The van der Waals surface area contributed by atoms with Crippen molar-refractivity contribution in [3.63, 3.8) is 0 Å². The molecule has 9 heteroatoms. The van der Waals surface area contributed by atoms with Crippen molar-refractivity contribution in [3.05, 3.63) is 59.2 Å². The fraction of sp³-hybridized carbons (Fsp3) is 0.458. The first-order valence-electron chi connectivity index (χ1n) is 11.3. The number of sulfonamides is 1. The summed E-state index contributed by atoms with van der Waals surface area (Å²) in [5.74, 6) is -0.159. The molecule has 2 fully saturated rings. The van der Waals surface area contributed by atoms with Crippen molar-refractivity contribution >= 4 is 27.7 Å². The largest absolute Gasteiger partial charge is 0.378 e. The number of rotatable bonds is 8. The van der Waals surface area contributed by atoms with Gasteiger partial charge in [-0.2, -0.15) is 0 Å². The molecule has 0 atom stereocenters. The molecule has 33 heavy (non-hydrogen) atoms. The lowest BCUT2D eigenvalue weighted by molar-refractivity contribution is 0.0300. The highest BCUT2D eigenvalue weighted by Crippen LogP contribution is 2.25. The van der Waals surface area contributed by atoms with Crippen LogP contribution in [0.5, 0.6) is 0 Å². The van der Waals surface area contributed by atoms with Gasteiger partial charge < -0.3 is 9.64 Å². The second-order valence-electron chi connectivity index (χ2n) is 8.39. The molecule has 0 saturated carbocycles. The SMILES string of the molecule is CSc1ccc(S(=O)(=O)NCc2ccc(CN3CCCC3)cc2)cc1C(=O)N1CCOCC1. The summed E-state index contributed by atoms with van der Waals surface area (Å²) in [4.78, 5) is 18.0. The van der Waals surface area contributed by atoms with Gasteiger partial charge in [0, 0.05) is 31.1 Å². The van der Waals surface area contributed by atoms with Crippen LogP contribution >= 0.6 is 11.8 Å². The second-order valence-corrected chi connectivity index (χ2v) is 11.0. The number of nitrogens with zero attached hydrogens (tertiary/aromatic N) is 2. The highest BCUT2D eigenvalue weighted by molar-refractivity contribution is 7.98. The number of carbonyl (C=O) groups excluding carboxylic acids is 1. The standard InChI is InChI=1S/C24H31N3O4S2/c1-32-23-9-8-21(16-22(23)24(28)27-12-14-31-15-13-27)33(29,30)25-17-19-4-6-20(7-5-19)18-26-10-2-3-11-26/h4-9,16,25H,2-3,10-15,17-18H2,1H3. The van der Waals surface area contributed by atoms with E-state index in [1.165, 1.54) is 36.2 Å². The summed E-state index contributed by atoms with van der Waals surface area (Å²) >= 11 is 1.43. The van der Waals surface area contributed by atoms with Crippen molar-refractivity contribution in [2.24, 2.45) is 0 Å². The zero-order valence-corrected chi connectivity index (χ0v) is 20.6. The molecule has 0 aliphatic carbocycles. The molecule has 4 rings (SSSR count). The minimum absolute atomic E-state index is 0.0996. The van der Waals surface area contributed by atoms with Crippen LogP contribution in [0.1, 0.15) is 34.3 Å². The van der Waals surface area contributed by atoms with E-state index in [9.17, 15) is 13.2 Å². The van der Waals surface area contributed by atoms with Gasteiger partial charge in [0.25, 0.3) is 5.91 Å². The van der Waals surface area contributed by atoms with Crippen molar-refractivity contribution in [2.75, 3.05) is 45.6 Å². The molecule has 2 aromatic rings. The molecule has 2 heterocycles. The summed E-state index contributed by atoms with van der Waals surface area (Å²) in [5, 5.41) is 0. The summed E-state index contributed by atoms with van der Waals surface area (Å²) in [6, 6.07) is 12.8. The van der Waals surface area contributed by atoms with Gasteiger partial charge >= 0.3 is 0 Å². The average molecular weight is 490 g/mol. The lowest BCUT2D eigenvalue weighted by atomic mass is 10.1. The third-order valence-corrected chi connectivity index (χ3v) is 8.30. The minimum atomic E-state index is -3.76. The van der Waals surface area contributed by atoms with E-state index in [1.54, 1.807) is 17.0 Å². The van der Waals surface area contributed by atoms with Gasteiger partial charge in [-0.05, 0) is 61.5 Å². The summed E-state index contributed by atoms with van der Waals surface area (Å²) < 4.78 is 34.0. The van der Waals surface area contributed by atoms with E-state index < -0.39 is 10.0 Å². The Kier molecular flexibility index (Phi) is 8.08. The number of hydrogen-bond donors (Lipinski definition) is 1. The molecule has 1 N–H and O–H groups in total. The molecule has 0 radical (unpaired) electrons. The van der Waals surface area contributed by atoms with Gasteiger partial charge in [-0.25, -0.2) is 13.1 Å². The Labute approximate surface area is 200 Å². The predicted octanol–water partition coefficient (Wildman–Crippen LogP) is 2.96. The lowest BCUT2D eigenvalue weighted by Crippen LogP contribution is -2.41. The maximum atomic E-state index is 13.0. The molecule has 2 aliphatic rings. The van der Waals surface area contributed by atoms with Crippen LogP contribution < -0.4 is 4.72 Å². The Morgan fingerprint density at radius 2 is 1.67 bits per heavy atom. The van der Waals surface area contributed by atoms with Gasteiger partial charge in [-0.1, -0.05) is 24.3 Å². The fourth-order valence-electron chi connectivity index (χ4n) is 4.18. The average Bonchev–Trinajstić information content (AvgIpc) is 3.36. The summed E-state index contributed by atoms with van der Waals surface area (Å²) in [6.07, 6.45) is 4.40. The van der Waals surface area contributed by atoms with Crippen molar-refractivity contribution in [1.82, 2.24) is 14.5 Å². The number of morpholine rings is 1. The van der Waals surface area contributed by atoms with Crippen LogP contribution in [0.4, 0.5) is 0 Å². The monoisotopic (exact) mass is 489 g/mol. The predicted molar refractivity (Wildman–Crippen MR) is 130 cm³/mol. The zero-order chi connectivity index (χ0) is 23.3. The lowest BCUT2D eigenvalue weighted by Gasteiger charge is -2.27. The number of thioether (sulfide) groups is 1. The first kappa shape index (κ1) is 24.2. The fourth-order valence-corrected chi connectivity index (χ4v) is 5.80. The van der Waals surface area contributed by atoms with Gasteiger partial charge in [0.05, 0.1) is 23.7 Å². The highest BCUT2D eigenvalue weighted by Gasteiger charge is 2.24. The molecular formula is C24H31N3O4S2. The highest BCUT2D eigenvalue weighted by atomic mass is 32.2. The molecule has 2 aromatic carbocycles. The smallest absolute Gasteiger partial charge is 0.255 e. The van der Waals surface area contributed by atoms with Crippen LogP contribution in [-0.4, -0.2) is 69.8 Å². The maximum Gasteiger partial charge on any atom is 0.255 e. The summed E-state index contributed by atoms with van der Waals surface area (Å²) in [5.41, 5.74) is 2.55. The topological polar surface area (TPSA) is 79.0 Å². The van der Waals surface area contributed by atoms with Crippen LogP contribution in [0.15, 0.2) is 52.3 Å². The van der Waals surface area contributed by atoms with Crippen molar-refractivity contribution < 1.29 is 17.9 Å².